The molecule has 1 saturated heterocycles. The Hall–Kier alpha value is -3.54. The van der Waals surface area contributed by atoms with Crippen molar-refractivity contribution in [2.45, 2.75) is 36.1 Å². The van der Waals surface area contributed by atoms with Crippen molar-refractivity contribution in [1.29, 1.82) is 0 Å². The molecular weight excluding hydrogens is 591 g/mol. The number of halogens is 4. The monoisotopic (exact) mass is 617 g/mol. The number of sulfonamides is 1. The molecule has 1 aliphatic carbocycles. The minimum atomic E-state index is -4.56. The maximum Gasteiger partial charge on any atom is 0.417 e. The molecule has 1 fully saturated rings. The number of rotatable bonds is 5. The first-order valence-corrected chi connectivity index (χ1v) is 15.3. The van der Waals surface area contributed by atoms with E-state index in [0.717, 1.165) is 36.2 Å². The van der Waals surface area contributed by atoms with Crippen LogP contribution in [0.3, 0.4) is 0 Å². The summed E-state index contributed by atoms with van der Waals surface area (Å²) in [6.07, 6.45) is 4.18. The zero-order valence-corrected chi connectivity index (χ0v) is 23.9. The van der Waals surface area contributed by atoms with E-state index in [2.05, 4.69) is 11.1 Å². The van der Waals surface area contributed by atoms with Crippen LogP contribution >= 0.6 is 11.6 Å². The van der Waals surface area contributed by atoms with Gasteiger partial charge in [0.2, 0.25) is 10.0 Å². The summed E-state index contributed by atoms with van der Waals surface area (Å²) in [5, 5.41) is -0.137. The lowest BCUT2D eigenvalue weighted by atomic mass is 9.91. The molecule has 0 saturated carbocycles. The first kappa shape index (κ1) is 28.6. The Bertz CT molecular complexity index is 1660. The van der Waals surface area contributed by atoms with Gasteiger partial charge in [0.05, 0.1) is 15.5 Å². The van der Waals surface area contributed by atoms with Crippen molar-refractivity contribution in [3.05, 3.63) is 101 Å². The summed E-state index contributed by atoms with van der Waals surface area (Å²) in [5.74, 6) is -0.240. The molecule has 12 heteroatoms. The Morgan fingerprint density at radius 3 is 2.45 bits per heavy atom. The van der Waals surface area contributed by atoms with Gasteiger partial charge in [0.1, 0.15) is 5.82 Å². The van der Waals surface area contributed by atoms with Crippen molar-refractivity contribution >= 4 is 27.4 Å². The van der Waals surface area contributed by atoms with Crippen LogP contribution in [0, 0.1) is 0 Å². The number of ether oxygens (including phenoxy) is 2. The summed E-state index contributed by atoms with van der Waals surface area (Å²) >= 11 is 6.15. The van der Waals surface area contributed by atoms with Gasteiger partial charge in [0.15, 0.2) is 11.5 Å². The topological polar surface area (TPSA) is 72.0 Å². The minimum absolute atomic E-state index is 0.0605. The average molecular weight is 618 g/mol. The molecule has 2 aliphatic heterocycles. The van der Waals surface area contributed by atoms with E-state index in [1.165, 1.54) is 16.4 Å². The lowest BCUT2D eigenvalue weighted by Gasteiger charge is -2.31. The van der Waals surface area contributed by atoms with Gasteiger partial charge < -0.3 is 14.4 Å². The van der Waals surface area contributed by atoms with E-state index in [-0.39, 0.29) is 35.4 Å². The summed E-state index contributed by atoms with van der Waals surface area (Å²) in [7, 11) is -3.93. The van der Waals surface area contributed by atoms with E-state index >= 15 is 0 Å². The molecule has 6 rings (SSSR count). The van der Waals surface area contributed by atoms with Crippen molar-refractivity contribution in [2.24, 2.45) is 0 Å². The maximum absolute atomic E-state index is 13.8. The number of fused-ring (bicyclic) bond motifs is 1. The zero-order valence-electron chi connectivity index (χ0n) is 22.4. The minimum Gasteiger partial charge on any atom is -0.441 e. The van der Waals surface area contributed by atoms with E-state index in [0.29, 0.717) is 24.5 Å². The third-order valence-electron chi connectivity index (χ3n) is 7.55. The van der Waals surface area contributed by atoms with Gasteiger partial charge in [-0.1, -0.05) is 60.2 Å². The molecule has 2 aromatic carbocycles. The molecule has 3 heterocycles. The number of allylic oxidation sites excluding steroid dienone is 3. The summed E-state index contributed by atoms with van der Waals surface area (Å²) in [4.78, 5) is 5.71. The predicted octanol–water partition coefficient (Wildman–Crippen LogP) is 6.56. The zero-order chi connectivity index (χ0) is 29.5. The Kier molecular flexibility index (Phi) is 7.44. The number of pyridine rings is 1. The molecule has 220 valence electrons. The van der Waals surface area contributed by atoms with Gasteiger partial charge >= 0.3 is 12.0 Å². The Balaban J connectivity index is 1.23. The number of aromatic nitrogens is 1. The van der Waals surface area contributed by atoms with E-state index in [9.17, 15) is 21.6 Å². The van der Waals surface area contributed by atoms with Crippen LogP contribution in [0.25, 0.3) is 0 Å². The van der Waals surface area contributed by atoms with Gasteiger partial charge in [-0.2, -0.15) is 17.5 Å². The Morgan fingerprint density at radius 2 is 1.74 bits per heavy atom. The van der Waals surface area contributed by atoms with Crippen molar-refractivity contribution in [2.75, 3.05) is 31.1 Å². The number of alkyl halides is 3. The highest BCUT2D eigenvalue weighted by Crippen LogP contribution is 2.50. The highest BCUT2D eigenvalue weighted by Gasteiger charge is 2.47. The Morgan fingerprint density at radius 1 is 0.952 bits per heavy atom. The summed E-state index contributed by atoms with van der Waals surface area (Å²) < 4.78 is 80.9. The quantitative estimate of drug-likeness (QED) is 0.323. The highest BCUT2D eigenvalue weighted by atomic mass is 35.5. The fourth-order valence-electron chi connectivity index (χ4n) is 5.43. The van der Waals surface area contributed by atoms with Crippen LogP contribution in [0.4, 0.5) is 19.0 Å². The Labute approximate surface area is 246 Å². The van der Waals surface area contributed by atoms with Crippen LogP contribution < -0.4 is 14.4 Å². The fraction of sp³-hybridized carbons (Fsp3) is 0.300. The maximum atomic E-state index is 13.8. The fourth-order valence-corrected chi connectivity index (χ4v) is 7.20. The lowest BCUT2D eigenvalue weighted by molar-refractivity contribution is -0.137. The first-order chi connectivity index (χ1) is 20.1. The second kappa shape index (κ2) is 10.9. The number of nitrogens with zero attached hydrogens (tertiary/aromatic N) is 3. The van der Waals surface area contributed by atoms with Gasteiger partial charge in [-0.05, 0) is 37.5 Å². The number of hydrogen-bond donors (Lipinski definition) is 0. The molecule has 0 spiro atoms. The number of hydrogen-bond acceptors (Lipinski definition) is 6. The van der Waals surface area contributed by atoms with Gasteiger partial charge in [-0.3, -0.25) is 0 Å². The van der Waals surface area contributed by atoms with Crippen molar-refractivity contribution in [1.82, 2.24) is 9.29 Å². The molecule has 1 atom stereocenters. The van der Waals surface area contributed by atoms with Crippen LogP contribution in [-0.4, -0.2) is 43.9 Å². The van der Waals surface area contributed by atoms with E-state index in [1.54, 1.807) is 11.0 Å². The van der Waals surface area contributed by atoms with Gasteiger partial charge in [0, 0.05) is 49.6 Å². The molecular formula is C30H27ClF3N3O4S. The molecule has 1 aromatic heterocycles. The third kappa shape index (κ3) is 5.25. The van der Waals surface area contributed by atoms with Crippen molar-refractivity contribution in [3.63, 3.8) is 0 Å². The SMILES string of the molecule is O=S(=O)(c1ccc2c(c1)OC(C1=CC=CCC1)(c1ccccc1)O2)N1CCCN(c2ncc(C(F)(F)F)cc2Cl)CC1. The standard InChI is InChI=1S/C30H27ClF3N3O4S/c31-25-18-23(30(32,33)34)20-35-28(25)36-14-7-15-37(17-16-36)42(38,39)24-12-13-26-27(19-24)41-29(40-26,21-8-3-1-4-9-21)22-10-5-2-6-11-22/h1-5,8-10,12-13,18-20H,6-7,11,14-17H2. The van der Waals surface area contributed by atoms with Crippen LogP contribution in [0.2, 0.25) is 5.02 Å². The molecule has 0 radical (unpaired) electrons. The molecule has 7 nitrogen and oxygen atoms in total. The molecule has 42 heavy (non-hydrogen) atoms. The second-order valence-corrected chi connectivity index (χ2v) is 12.6. The van der Waals surface area contributed by atoms with Crippen molar-refractivity contribution in [3.8, 4) is 11.5 Å². The van der Waals surface area contributed by atoms with E-state index in [4.69, 9.17) is 21.1 Å². The first-order valence-electron chi connectivity index (χ1n) is 13.5. The summed E-state index contributed by atoms with van der Waals surface area (Å²) in [6, 6.07) is 15.0. The van der Waals surface area contributed by atoms with Crippen LogP contribution in [0.1, 0.15) is 30.4 Å². The normalized spacial score (nSPS) is 21.2. The van der Waals surface area contributed by atoms with Crippen LogP contribution in [0.15, 0.2) is 89.5 Å². The molecule has 1 unspecified atom stereocenters. The van der Waals surface area contributed by atoms with E-state index < -0.39 is 27.6 Å². The number of anilines is 1. The van der Waals surface area contributed by atoms with Gasteiger partial charge in [0.25, 0.3) is 0 Å². The van der Waals surface area contributed by atoms with Gasteiger partial charge in [-0.25, -0.2) is 13.4 Å². The largest absolute Gasteiger partial charge is 0.441 e. The van der Waals surface area contributed by atoms with E-state index in [1.807, 2.05) is 42.5 Å². The van der Waals surface area contributed by atoms with Crippen LogP contribution in [-0.2, 0) is 22.0 Å². The molecule has 3 aromatic rings. The average Bonchev–Trinajstić information content (AvgIpc) is 3.21. The molecule has 3 aliphatic rings. The summed E-state index contributed by atoms with van der Waals surface area (Å²) in [5.41, 5.74) is 0.792. The molecule has 0 amide bonds. The lowest BCUT2D eigenvalue weighted by Crippen LogP contribution is -2.38. The molecule has 0 bridgehead atoms. The van der Waals surface area contributed by atoms with Crippen LogP contribution in [0.5, 0.6) is 11.5 Å². The third-order valence-corrected chi connectivity index (χ3v) is 9.73. The van der Waals surface area contributed by atoms with Crippen molar-refractivity contribution < 1.29 is 31.1 Å². The number of benzene rings is 2. The predicted molar refractivity (Wildman–Crippen MR) is 152 cm³/mol. The highest BCUT2D eigenvalue weighted by molar-refractivity contribution is 7.89. The van der Waals surface area contributed by atoms with Gasteiger partial charge in [-0.15, -0.1) is 0 Å². The smallest absolute Gasteiger partial charge is 0.417 e. The second-order valence-electron chi connectivity index (χ2n) is 10.2. The molecule has 0 N–H and O–H groups in total. The summed E-state index contributed by atoms with van der Waals surface area (Å²) in [6.45, 7) is 0.913.